The minimum Gasteiger partial charge on any atom is -0.444 e. The van der Waals surface area contributed by atoms with Crippen molar-refractivity contribution in [3.63, 3.8) is 0 Å². The van der Waals surface area contributed by atoms with Crippen LogP contribution in [0.3, 0.4) is 0 Å². The van der Waals surface area contributed by atoms with Gasteiger partial charge in [-0.2, -0.15) is 0 Å². The zero-order chi connectivity index (χ0) is 23.6. The first kappa shape index (κ1) is 27.4. The largest absolute Gasteiger partial charge is 0.444 e. The van der Waals surface area contributed by atoms with E-state index in [9.17, 15) is 4.79 Å². The molecule has 0 bridgehead atoms. The van der Waals surface area contributed by atoms with Crippen molar-refractivity contribution in [2.75, 3.05) is 33.7 Å². The van der Waals surface area contributed by atoms with Crippen LogP contribution in [0.25, 0.3) is 11.5 Å². The second-order valence-electron chi connectivity index (χ2n) is 8.10. The number of rotatable bonds is 9. The predicted octanol–water partition coefficient (Wildman–Crippen LogP) is 4.31. The molecule has 3 aromatic rings. The maximum absolute atomic E-state index is 12.2. The molecule has 1 amide bonds. The fourth-order valence-electron chi connectivity index (χ4n) is 3.32. The van der Waals surface area contributed by atoms with Gasteiger partial charge in [-0.25, -0.2) is 4.98 Å². The van der Waals surface area contributed by atoms with Gasteiger partial charge >= 0.3 is 0 Å². The van der Waals surface area contributed by atoms with Crippen LogP contribution in [0.4, 0.5) is 0 Å². The van der Waals surface area contributed by atoms with E-state index in [4.69, 9.17) is 4.42 Å². The van der Waals surface area contributed by atoms with Crippen molar-refractivity contribution in [2.24, 2.45) is 4.99 Å². The van der Waals surface area contributed by atoms with Gasteiger partial charge in [0.1, 0.15) is 6.26 Å². The lowest BCUT2D eigenvalue weighted by molar-refractivity contribution is 0.0827. The smallest absolute Gasteiger partial charge is 0.253 e. The molecule has 0 fully saturated rings. The third kappa shape index (κ3) is 8.16. The number of aromatic nitrogens is 1. The van der Waals surface area contributed by atoms with Gasteiger partial charge in [-0.3, -0.25) is 9.79 Å². The lowest BCUT2D eigenvalue weighted by Crippen LogP contribution is -2.38. The number of carbonyl (C=O) groups excluding carboxylic acids is 1. The summed E-state index contributed by atoms with van der Waals surface area (Å²) in [6, 6.07) is 15.9. The Kier molecular flexibility index (Phi) is 11.1. The number of halogens is 1. The third-order valence-corrected chi connectivity index (χ3v) is 5.12. The quantitative estimate of drug-likeness (QED) is 0.226. The summed E-state index contributed by atoms with van der Waals surface area (Å²) in [6.07, 6.45) is 3.19. The van der Waals surface area contributed by atoms with E-state index in [0.29, 0.717) is 31.0 Å². The number of hydrogen-bond acceptors (Lipinski definition) is 4. The molecule has 8 heteroatoms. The number of nitrogens with one attached hydrogen (secondary N) is 2. The number of hydrogen-bond donors (Lipinski definition) is 2. The molecule has 0 aliphatic rings. The van der Waals surface area contributed by atoms with Crippen LogP contribution < -0.4 is 10.6 Å². The third-order valence-electron chi connectivity index (χ3n) is 5.12. The van der Waals surface area contributed by atoms with E-state index in [1.54, 1.807) is 25.3 Å². The molecule has 182 valence electrons. The molecule has 2 aromatic carbocycles. The van der Waals surface area contributed by atoms with E-state index in [1.807, 2.05) is 55.5 Å². The Morgan fingerprint density at radius 3 is 2.56 bits per heavy atom. The molecule has 0 unspecified atom stereocenters. The molecule has 0 saturated carbocycles. The van der Waals surface area contributed by atoms with Gasteiger partial charge in [0.2, 0.25) is 5.89 Å². The van der Waals surface area contributed by atoms with Crippen molar-refractivity contribution < 1.29 is 9.21 Å². The van der Waals surface area contributed by atoms with Crippen LogP contribution in [0.2, 0.25) is 0 Å². The van der Waals surface area contributed by atoms with Gasteiger partial charge in [0.05, 0.1) is 5.69 Å². The van der Waals surface area contributed by atoms with Crippen molar-refractivity contribution in [3.8, 4) is 11.5 Å². The summed E-state index contributed by atoms with van der Waals surface area (Å²) < 4.78 is 5.63. The minimum atomic E-state index is 0. The number of amides is 1. The first-order chi connectivity index (χ1) is 16.0. The van der Waals surface area contributed by atoms with E-state index in [2.05, 4.69) is 27.5 Å². The predicted molar refractivity (Wildman–Crippen MR) is 148 cm³/mol. The first-order valence-corrected chi connectivity index (χ1v) is 11.3. The van der Waals surface area contributed by atoms with Gasteiger partial charge in [0, 0.05) is 51.3 Å². The minimum absolute atomic E-state index is 0. The van der Waals surface area contributed by atoms with E-state index >= 15 is 0 Å². The Balaban J connectivity index is 0.00000408. The lowest BCUT2D eigenvalue weighted by atomic mass is 10.1. The van der Waals surface area contributed by atoms with Crippen LogP contribution in [-0.2, 0) is 12.8 Å². The average Bonchev–Trinajstić information content (AvgIpc) is 3.28. The van der Waals surface area contributed by atoms with Crippen LogP contribution >= 0.6 is 24.0 Å². The molecule has 0 atom stereocenters. The summed E-state index contributed by atoms with van der Waals surface area (Å²) in [5.41, 5.74) is 4.88. The van der Waals surface area contributed by atoms with Crippen LogP contribution in [0.1, 0.15) is 34.1 Å². The topological polar surface area (TPSA) is 82.8 Å². The van der Waals surface area contributed by atoms with Gasteiger partial charge in [-0.1, -0.05) is 29.8 Å². The normalized spacial score (nSPS) is 11.0. The number of carbonyl (C=O) groups is 1. The van der Waals surface area contributed by atoms with Crippen LogP contribution in [0.15, 0.2) is 64.2 Å². The number of aryl methyl sites for hydroxylation is 1. The highest BCUT2D eigenvalue weighted by Gasteiger charge is 2.09. The number of oxazole rings is 1. The summed E-state index contributed by atoms with van der Waals surface area (Å²) in [7, 11) is 3.52. The van der Waals surface area contributed by atoms with E-state index in [-0.39, 0.29) is 29.9 Å². The van der Waals surface area contributed by atoms with Crippen molar-refractivity contribution in [1.29, 1.82) is 0 Å². The highest BCUT2D eigenvalue weighted by Crippen LogP contribution is 2.19. The maximum atomic E-state index is 12.2. The van der Waals surface area contributed by atoms with Crippen molar-refractivity contribution >= 4 is 35.8 Å². The zero-order valence-corrected chi connectivity index (χ0v) is 22.6. The molecule has 1 heterocycles. The molecule has 0 saturated heterocycles. The second-order valence-corrected chi connectivity index (χ2v) is 8.10. The molecular formula is C26H34IN5O2. The molecule has 2 N–H and O–H groups in total. The van der Waals surface area contributed by atoms with Crippen LogP contribution in [-0.4, -0.2) is 55.5 Å². The first-order valence-electron chi connectivity index (χ1n) is 11.3. The van der Waals surface area contributed by atoms with E-state index in [0.717, 1.165) is 35.7 Å². The number of benzene rings is 2. The SMILES string of the molecule is CCNC(=NCCc1coc(-c2ccc(C)cc2)n1)NCCc1cccc(C(=O)N(C)C)c1.I. The number of guanidine groups is 1. The summed E-state index contributed by atoms with van der Waals surface area (Å²) in [5, 5.41) is 6.63. The Morgan fingerprint density at radius 2 is 1.85 bits per heavy atom. The fourth-order valence-corrected chi connectivity index (χ4v) is 3.32. The average molecular weight is 575 g/mol. The van der Waals surface area contributed by atoms with Crippen molar-refractivity contribution in [1.82, 2.24) is 20.5 Å². The molecule has 0 aliphatic carbocycles. The maximum Gasteiger partial charge on any atom is 0.253 e. The number of aliphatic imine (C=N–C) groups is 1. The molecule has 0 radical (unpaired) electrons. The van der Waals surface area contributed by atoms with E-state index < -0.39 is 0 Å². The summed E-state index contributed by atoms with van der Waals surface area (Å²) in [5.74, 6) is 1.41. The molecule has 0 aliphatic heterocycles. The van der Waals surface area contributed by atoms with Gasteiger partial charge in [-0.15, -0.1) is 24.0 Å². The highest BCUT2D eigenvalue weighted by molar-refractivity contribution is 14.0. The van der Waals surface area contributed by atoms with Crippen molar-refractivity contribution in [2.45, 2.75) is 26.7 Å². The Hall–Kier alpha value is -2.88. The van der Waals surface area contributed by atoms with Crippen LogP contribution in [0.5, 0.6) is 0 Å². The van der Waals surface area contributed by atoms with Gasteiger partial charge in [0.25, 0.3) is 5.91 Å². The molecule has 3 rings (SSSR count). The molecular weight excluding hydrogens is 541 g/mol. The molecule has 7 nitrogen and oxygen atoms in total. The van der Waals surface area contributed by atoms with Gasteiger partial charge in [0.15, 0.2) is 5.96 Å². The van der Waals surface area contributed by atoms with Crippen LogP contribution in [0, 0.1) is 6.92 Å². The van der Waals surface area contributed by atoms with Gasteiger partial charge in [-0.05, 0) is 50.1 Å². The molecule has 34 heavy (non-hydrogen) atoms. The summed E-state index contributed by atoms with van der Waals surface area (Å²) in [4.78, 5) is 23.0. The second kappa shape index (κ2) is 13.7. The Morgan fingerprint density at radius 1 is 1.09 bits per heavy atom. The van der Waals surface area contributed by atoms with Gasteiger partial charge < -0.3 is 20.0 Å². The monoisotopic (exact) mass is 575 g/mol. The summed E-state index contributed by atoms with van der Waals surface area (Å²) in [6.45, 7) is 6.19. The van der Waals surface area contributed by atoms with Crippen molar-refractivity contribution in [3.05, 3.63) is 77.2 Å². The summed E-state index contributed by atoms with van der Waals surface area (Å²) >= 11 is 0. The highest BCUT2D eigenvalue weighted by atomic mass is 127. The lowest BCUT2D eigenvalue weighted by Gasteiger charge is -2.13. The fraction of sp³-hybridized carbons (Fsp3) is 0.346. The Bertz CT molecular complexity index is 1080. The van der Waals surface area contributed by atoms with E-state index in [1.165, 1.54) is 5.56 Å². The Labute approximate surface area is 219 Å². The number of nitrogens with zero attached hydrogens (tertiary/aromatic N) is 3. The zero-order valence-electron chi connectivity index (χ0n) is 20.3. The molecule has 1 aromatic heterocycles. The molecule has 0 spiro atoms. The standard InChI is InChI=1S/C26H33N5O2.HI/c1-5-27-26(28-15-13-20-7-6-8-22(17-20)25(32)31(3)4)29-16-14-23-18-33-24(30-23)21-11-9-19(2)10-12-21;/h6-12,17-18H,5,13-16H2,1-4H3,(H2,27,28,29);1H.